The lowest BCUT2D eigenvalue weighted by molar-refractivity contribution is -0.125. The second-order valence-corrected chi connectivity index (χ2v) is 6.77. The summed E-state index contributed by atoms with van der Waals surface area (Å²) in [7, 11) is 1.72. The van der Waals surface area contributed by atoms with Gasteiger partial charge in [0.1, 0.15) is 0 Å². The third kappa shape index (κ3) is 18.2. The SMILES string of the molecule is CC.CN[C@@H](CCCCNC(=O)[C@@H](C)CCCCNCNCC(=O)CN)C(N)=O. The molecule has 0 aromatic carbocycles. The molecule has 0 saturated carbocycles. The maximum Gasteiger partial charge on any atom is 0.234 e. The Bertz CT molecular complexity index is 434. The molecule has 0 radical (unpaired) electrons. The van der Waals surface area contributed by atoms with E-state index in [-0.39, 0.29) is 36.1 Å². The van der Waals surface area contributed by atoms with Gasteiger partial charge >= 0.3 is 0 Å². The summed E-state index contributed by atoms with van der Waals surface area (Å²) in [6.07, 6.45) is 5.12. The minimum absolute atomic E-state index is 0.00801. The molecule has 2 amide bonds. The quantitative estimate of drug-likeness (QED) is 0.134. The molecule has 0 aromatic heterocycles. The minimum atomic E-state index is -0.343. The number of carbonyl (C=O) groups is 3. The van der Waals surface area contributed by atoms with Crippen LogP contribution in [0.5, 0.6) is 0 Å². The van der Waals surface area contributed by atoms with Crippen LogP contribution in [0, 0.1) is 5.92 Å². The molecule has 9 nitrogen and oxygen atoms in total. The lowest BCUT2D eigenvalue weighted by Crippen LogP contribution is -2.39. The number of ketones is 1. The van der Waals surface area contributed by atoms with Crippen molar-refractivity contribution in [2.75, 3.05) is 39.9 Å². The zero-order valence-electron chi connectivity index (χ0n) is 18.8. The van der Waals surface area contributed by atoms with E-state index in [1.807, 2.05) is 20.8 Å². The first kappa shape index (κ1) is 29.6. The van der Waals surface area contributed by atoms with Crippen molar-refractivity contribution >= 4 is 17.6 Å². The number of unbranched alkanes of at least 4 members (excludes halogenated alkanes) is 2. The summed E-state index contributed by atoms with van der Waals surface area (Å²) in [5.41, 5.74) is 10.5. The molecule has 0 unspecified atom stereocenters. The van der Waals surface area contributed by atoms with Gasteiger partial charge in [-0.1, -0.05) is 27.2 Å². The number of nitrogens with one attached hydrogen (secondary N) is 4. The summed E-state index contributed by atoms with van der Waals surface area (Å²) in [6, 6.07) is -0.301. The smallest absolute Gasteiger partial charge is 0.234 e. The van der Waals surface area contributed by atoms with Gasteiger partial charge < -0.3 is 27.4 Å². The third-order valence-electron chi connectivity index (χ3n) is 4.40. The highest BCUT2D eigenvalue weighted by Gasteiger charge is 2.13. The Morgan fingerprint density at radius 3 is 2.14 bits per heavy atom. The first-order valence-electron chi connectivity index (χ1n) is 10.8. The molecule has 0 aliphatic carbocycles. The summed E-state index contributed by atoms with van der Waals surface area (Å²) < 4.78 is 0. The second kappa shape index (κ2) is 21.2. The Balaban J connectivity index is 0. The van der Waals surface area contributed by atoms with Crippen molar-refractivity contribution in [3.63, 3.8) is 0 Å². The van der Waals surface area contributed by atoms with Gasteiger partial charge in [0.25, 0.3) is 0 Å². The van der Waals surface area contributed by atoms with Crippen LogP contribution in [-0.2, 0) is 14.4 Å². The molecule has 0 spiro atoms. The van der Waals surface area contributed by atoms with Gasteiger partial charge in [-0.2, -0.15) is 0 Å². The summed E-state index contributed by atoms with van der Waals surface area (Å²) >= 11 is 0. The number of rotatable bonds is 18. The minimum Gasteiger partial charge on any atom is -0.368 e. The monoisotopic (exact) mass is 416 g/mol. The van der Waals surface area contributed by atoms with Gasteiger partial charge in [-0.15, -0.1) is 0 Å². The number of primary amides is 1. The van der Waals surface area contributed by atoms with E-state index < -0.39 is 0 Å². The highest BCUT2D eigenvalue weighted by Crippen LogP contribution is 2.08. The molecule has 0 fully saturated rings. The average molecular weight is 417 g/mol. The first-order valence-corrected chi connectivity index (χ1v) is 10.8. The predicted molar refractivity (Wildman–Crippen MR) is 118 cm³/mol. The number of Topliss-reactive ketones (excluding diaryl/α,β-unsaturated/α-hetero) is 1. The van der Waals surface area contributed by atoms with Gasteiger partial charge in [-0.05, 0) is 45.7 Å². The van der Waals surface area contributed by atoms with Crippen LogP contribution in [0.3, 0.4) is 0 Å². The molecule has 0 bridgehead atoms. The van der Waals surface area contributed by atoms with Gasteiger partial charge in [-0.3, -0.25) is 19.7 Å². The normalized spacial score (nSPS) is 12.4. The van der Waals surface area contributed by atoms with Crippen molar-refractivity contribution in [3.05, 3.63) is 0 Å². The number of amides is 2. The van der Waals surface area contributed by atoms with Crippen LogP contribution >= 0.6 is 0 Å². The Kier molecular flexibility index (Phi) is 21.6. The van der Waals surface area contributed by atoms with Crippen molar-refractivity contribution < 1.29 is 14.4 Å². The Hall–Kier alpha value is -1.55. The van der Waals surface area contributed by atoms with Crippen molar-refractivity contribution in [1.29, 1.82) is 0 Å². The second-order valence-electron chi connectivity index (χ2n) is 6.77. The van der Waals surface area contributed by atoms with E-state index in [2.05, 4.69) is 21.3 Å². The van der Waals surface area contributed by atoms with Crippen LogP contribution in [0.25, 0.3) is 0 Å². The fraction of sp³-hybridized carbons (Fsp3) is 0.850. The topological polar surface area (TPSA) is 151 Å². The van der Waals surface area contributed by atoms with Crippen molar-refractivity contribution in [3.8, 4) is 0 Å². The average Bonchev–Trinajstić information content (AvgIpc) is 2.72. The lowest BCUT2D eigenvalue weighted by Gasteiger charge is -2.14. The van der Waals surface area contributed by atoms with Crippen molar-refractivity contribution in [1.82, 2.24) is 21.3 Å². The molecular weight excluding hydrogens is 372 g/mol. The predicted octanol–water partition coefficient (Wildman–Crippen LogP) is -0.157. The summed E-state index contributed by atoms with van der Waals surface area (Å²) in [5.74, 6) is -0.290. The standard InChI is InChI=1S/C18H38N6O3.C2H6/c1-14(7-3-5-9-22-13-23-12-15(25)11-19)18(27)24-10-6-4-8-16(21-2)17(20)26;1-2/h14,16,21-23H,3-13,19H2,1-2H3,(H2,20,26)(H,24,27);1-2H3/t14-,16-;/m0./s1. The van der Waals surface area contributed by atoms with E-state index in [4.69, 9.17) is 11.5 Å². The maximum atomic E-state index is 12.0. The number of hydrogen-bond acceptors (Lipinski definition) is 7. The zero-order valence-corrected chi connectivity index (χ0v) is 18.8. The fourth-order valence-corrected chi connectivity index (χ4v) is 2.57. The van der Waals surface area contributed by atoms with Crippen molar-refractivity contribution in [2.24, 2.45) is 17.4 Å². The fourth-order valence-electron chi connectivity index (χ4n) is 2.57. The van der Waals surface area contributed by atoms with Crippen LogP contribution in [0.2, 0.25) is 0 Å². The summed E-state index contributed by atoms with van der Waals surface area (Å²) in [5, 5.41) is 12.0. The van der Waals surface area contributed by atoms with Gasteiger partial charge in [0, 0.05) is 19.1 Å². The zero-order chi connectivity index (χ0) is 22.5. The molecular formula is C20H44N6O3. The molecule has 0 rings (SSSR count). The Morgan fingerprint density at radius 1 is 0.931 bits per heavy atom. The van der Waals surface area contributed by atoms with E-state index in [1.54, 1.807) is 7.05 Å². The largest absolute Gasteiger partial charge is 0.368 e. The van der Waals surface area contributed by atoms with E-state index in [9.17, 15) is 14.4 Å². The third-order valence-corrected chi connectivity index (χ3v) is 4.40. The van der Waals surface area contributed by atoms with E-state index >= 15 is 0 Å². The van der Waals surface area contributed by atoms with E-state index in [0.29, 0.717) is 26.2 Å². The van der Waals surface area contributed by atoms with Crippen molar-refractivity contribution in [2.45, 2.75) is 65.3 Å². The Morgan fingerprint density at radius 2 is 1.55 bits per heavy atom. The van der Waals surface area contributed by atoms with Gasteiger partial charge in [0.2, 0.25) is 11.8 Å². The lowest BCUT2D eigenvalue weighted by atomic mass is 10.0. The maximum absolute atomic E-state index is 12.0. The molecule has 0 aliphatic rings. The number of carbonyl (C=O) groups excluding carboxylic acids is 3. The Labute approximate surface area is 176 Å². The van der Waals surface area contributed by atoms with E-state index in [1.165, 1.54) is 0 Å². The van der Waals surface area contributed by atoms with Crippen LogP contribution in [0.1, 0.15) is 59.3 Å². The van der Waals surface area contributed by atoms with E-state index in [0.717, 1.165) is 38.6 Å². The molecule has 2 atom stereocenters. The summed E-state index contributed by atoms with van der Waals surface area (Å²) in [6.45, 7) is 8.33. The molecule has 0 aliphatic heterocycles. The molecule has 9 heteroatoms. The summed E-state index contributed by atoms with van der Waals surface area (Å²) in [4.78, 5) is 34.1. The van der Waals surface area contributed by atoms with Crippen LogP contribution in [0.4, 0.5) is 0 Å². The molecule has 0 heterocycles. The highest BCUT2D eigenvalue weighted by molar-refractivity contribution is 5.82. The van der Waals surface area contributed by atoms with Crippen LogP contribution in [0.15, 0.2) is 0 Å². The number of nitrogens with two attached hydrogens (primary N) is 2. The number of hydrogen-bond donors (Lipinski definition) is 6. The van der Waals surface area contributed by atoms with Gasteiger partial charge in [-0.25, -0.2) is 0 Å². The molecule has 8 N–H and O–H groups in total. The van der Waals surface area contributed by atoms with Gasteiger partial charge in [0.15, 0.2) is 5.78 Å². The molecule has 0 saturated heterocycles. The van der Waals surface area contributed by atoms with Gasteiger partial charge in [0.05, 0.1) is 19.1 Å². The molecule has 172 valence electrons. The number of likely N-dealkylation sites (N-methyl/N-ethyl adjacent to an activating group) is 1. The molecule has 29 heavy (non-hydrogen) atoms. The molecule has 0 aromatic rings. The first-order chi connectivity index (χ1) is 13.9. The highest BCUT2D eigenvalue weighted by atomic mass is 16.2. The van der Waals surface area contributed by atoms with Crippen LogP contribution < -0.4 is 32.7 Å². The van der Waals surface area contributed by atoms with Crippen LogP contribution in [-0.4, -0.2) is 63.5 Å².